The van der Waals surface area contributed by atoms with Crippen LogP contribution in [0.3, 0.4) is 0 Å². The summed E-state index contributed by atoms with van der Waals surface area (Å²) in [6, 6.07) is 45.3. The molecule has 0 saturated carbocycles. The number of fused-ring (bicyclic) bond motifs is 5. The van der Waals surface area contributed by atoms with Crippen molar-refractivity contribution < 1.29 is 24.8 Å². The van der Waals surface area contributed by atoms with E-state index in [0.717, 1.165) is 51.6 Å². The minimum Gasteiger partial charge on any atom is -0.500 e. The molecule has 4 aromatic carbocycles. The largest absolute Gasteiger partial charge is 0.500 e. The van der Waals surface area contributed by atoms with Crippen molar-refractivity contribution in [2.75, 3.05) is 0 Å². The van der Waals surface area contributed by atoms with Crippen molar-refractivity contribution in [3.8, 4) is 56.3 Å². The van der Waals surface area contributed by atoms with Gasteiger partial charge in [0.25, 0.3) is 0 Å². The van der Waals surface area contributed by atoms with Gasteiger partial charge in [0, 0.05) is 38.1 Å². The van der Waals surface area contributed by atoms with Crippen LogP contribution in [0.25, 0.3) is 44.8 Å². The van der Waals surface area contributed by atoms with Crippen LogP contribution in [-0.2, 0) is 26.5 Å². The van der Waals surface area contributed by atoms with Crippen molar-refractivity contribution in [3.63, 3.8) is 0 Å². The Hall–Kier alpha value is -4.37. The summed E-state index contributed by atoms with van der Waals surface area (Å²) in [5.41, 5.74) is 9.78. The van der Waals surface area contributed by atoms with Crippen LogP contribution >= 0.6 is 0 Å². The summed E-state index contributed by atoms with van der Waals surface area (Å²) in [7, 11) is 0. The molecule has 4 heteroatoms. The Bertz CT molecular complexity index is 1730. The molecule has 209 valence electrons. The number of hydrogen-bond donors (Lipinski definition) is 0. The van der Waals surface area contributed by atoms with E-state index in [2.05, 4.69) is 90.5 Å². The predicted molar refractivity (Wildman–Crippen MR) is 167 cm³/mol. The average molecular weight is 723 g/mol. The maximum Gasteiger partial charge on any atom is 0.122 e. The van der Waals surface area contributed by atoms with Gasteiger partial charge in [0.05, 0.1) is 5.75 Å². The number of rotatable bonds is 4. The maximum absolute atomic E-state index is 6.30. The van der Waals surface area contributed by atoms with Crippen LogP contribution in [0.1, 0.15) is 19.4 Å². The Kier molecular flexibility index (Phi) is 9.38. The molecule has 0 unspecified atom stereocenters. The maximum atomic E-state index is 6.30. The summed E-state index contributed by atoms with van der Waals surface area (Å²) < 4.78 is 6.30. The van der Waals surface area contributed by atoms with Gasteiger partial charge in [-0.2, -0.15) is 0 Å². The molecule has 0 bridgehead atoms. The molecule has 3 nitrogen and oxygen atoms in total. The number of ether oxygens (including phenoxy) is 1. The number of para-hydroxylation sites is 1. The predicted octanol–water partition coefficient (Wildman–Crippen LogP) is 9.73. The second kappa shape index (κ2) is 13.5. The van der Waals surface area contributed by atoms with Gasteiger partial charge < -0.3 is 14.7 Å². The monoisotopic (exact) mass is 723 g/mol. The quantitative estimate of drug-likeness (QED) is 0.170. The van der Waals surface area contributed by atoms with Gasteiger partial charge in [0.2, 0.25) is 0 Å². The molecule has 3 heterocycles. The molecule has 0 N–H and O–H groups in total. The zero-order chi connectivity index (χ0) is 28.0. The van der Waals surface area contributed by atoms with Gasteiger partial charge in [-0.05, 0) is 53.1 Å². The molecule has 1 aliphatic heterocycles. The molecule has 0 fully saturated rings. The molecule has 42 heavy (non-hydrogen) atoms. The molecular weight excluding hydrogens is 693 g/mol. The van der Waals surface area contributed by atoms with E-state index in [9.17, 15) is 0 Å². The van der Waals surface area contributed by atoms with Crippen LogP contribution < -0.4 is 4.74 Å². The molecule has 0 saturated heterocycles. The SMILES string of the molecule is CC(C)Cc1ccnc(-c2[c-]cc3c(c2)-c2ccccc2-c2ccccc2O3)c1.[Ir].[c-]1ccccc1-c1ccccn1. The first-order valence-corrected chi connectivity index (χ1v) is 13.9. The summed E-state index contributed by atoms with van der Waals surface area (Å²) in [4.78, 5) is 8.83. The van der Waals surface area contributed by atoms with Crippen molar-refractivity contribution in [2.24, 2.45) is 5.92 Å². The summed E-state index contributed by atoms with van der Waals surface area (Å²) in [5, 5.41) is 0. The van der Waals surface area contributed by atoms with Crippen LogP contribution in [-0.4, -0.2) is 9.97 Å². The third-order valence-corrected chi connectivity index (χ3v) is 6.92. The van der Waals surface area contributed by atoms with Crippen LogP contribution in [0, 0.1) is 18.1 Å². The van der Waals surface area contributed by atoms with Gasteiger partial charge in [-0.15, -0.1) is 59.7 Å². The van der Waals surface area contributed by atoms with E-state index < -0.39 is 0 Å². The first kappa shape index (κ1) is 29.1. The summed E-state index contributed by atoms with van der Waals surface area (Å²) in [6.07, 6.45) is 4.73. The Morgan fingerprint density at radius 3 is 2.07 bits per heavy atom. The number of nitrogens with zero attached hydrogens (tertiary/aromatic N) is 2. The third kappa shape index (κ3) is 6.57. The van der Waals surface area contributed by atoms with E-state index in [1.54, 1.807) is 6.20 Å². The Labute approximate surface area is 261 Å². The average Bonchev–Trinajstić information content (AvgIpc) is 3.16. The minimum absolute atomic E-state index is 0. The summed E-state index contributed by atoms with van der Waals surface area (Å²) in [5.74, 6) is 2.31. The zero-order valence-corrected chi connectivity index (χ0v) is 25.9. The van der Waals surface area contributed by atoms with E-state index in [1.165, 1.54) is 16.7 Å². The number of aromatic nitrogens is 2. The Morgan fingerprint density at radius 1 is 0.619 bits per heavy atom. The van der Waals surface area contributed by atoms with E-state index in [0.29, 0.717) is 5.92 Å². The van der Waals surface area contributed by atoms with Gasteiger partial charge in [0.15, 0.2) is 0 Å². The smallest absolute Gasteiger partial charge is 0.122 e. The van der Waals surface area contributed by atoms with Gasteiger partial charge in [-0.25, -0.2) is 0 Å². The second-order valence-corrected chi connectivity index (χ2v) is 10.4. The third-order valence-electron chi connectivity index (χ3n) is 6.92. The van der Waals surface area contributed by atoms with Crippen LogP contribution in [0.2, 0.25) is 0 Å². The molecule has 0 atom stereocenters. The number of pyridine rings is 2. The molecule has 7 rings (SSSR count). The summed E-state index contributed by atoms with van der Waals surface area (Å²) >= 11 is 0. The fraction of sp³-hybridized carbons (Fsp3) is 0.105. The normalized spacial score (nSPS) is 10.9. The van der Waals surface area contributed by atoms with Crippen LogP contribution in [0.15, 0.2) is 128 Å². The topological polar surface area (TPSA) is 35.0 Å². The van der Waals surface area contributed by atoms with E-state index in [4.69, 9.17) is 4.74 Å². The number of hydrogen-bond acceptors (Lipinski definition) is 3. The zero-order valence-electron chi connectivity index (χ0n) is 23.5. The van der Waals surface area contributed by atoms with E-state index >= 15 is 0 Å². The fourth-order valence-corrected chi connectivity index (χ4v) is 5.07. The Morgan fingerprint density at radius 2 is 1.33 bits per heavy atom. The van der Waals surface area contributed by atoms with Crippen molar-refractivity contribution >= 4 is 0 Å². The van der Waals surface area contributed by atoms with Gasteiger partial charge in [-0.1, -0.05) is 85.6 Å². The van der Waals surface area contributed by atoms with E-state index in [-0.39, 0.29) is 20.1 Å². The number of benzene rings is 4. The van der Waals surface area contributed by atoms with Gasteiger partial charge in [-0.3, -0.25) is 0 Å². The molecule has 6 aromatic rings. The van der Waals surface area contributed by atoms with Crippen LogP contribution in [0.5, 0.6) is 11.5 Å². The first-order valence-electron chi connectivity index (χ1n) is 13.9. The molecule has 0 amide bonds. The molecular formula is C38H30IrN2O-2. The second-order valence-electron chi connectivity index (χ2n) is 10.4. The summed E-state index contributed by atoms with van der Waals surface area (Å²) in [6.45, 7) is 4.47. The van der Waals surface area contributed by atoms with Crippen LogP contribution in [0.4, 0.5) is 0 Å². The molecule has 0 spiro atoms. The van der Waals surface area contributed by atoms with Gasteiger partial charge in [0.1, 0.15) is 5.75 Å². The van der Waals surface area contributed by atoms with E-state index in [1.807, 2.05) is 66.9 Å². The van der Waals surface area contributed by atoms with Crippen molar-refractivity contribution in [3.05, 3.63) is 145 Å². The van der Waals surface area contributed by atoms with Crippen molar-refractivity contribution in [1.82, 2.24) is 9.97 Å². The molecule has 0 aliphatic carbocycles. The first-order chi connectivity index (χ1) is 20.2. The minimum atomic E-state index is 0. The standard InChI is InChI=1S/C27H22NO.C11H8N.Ir/c1-18(2)15-19-13-14-28-25(16-19)20-11-12-27-24(17-20)22-8-4-3-7-21(22)23-9-5-6-10-26(23)29-27;1-2-6-10(7-3-1)11-8-4-5-9-12-11;/h3-10,12-14,16-18H,15H2,1-2H3;1-6,8-9H;/q2*-1;. The molecule has 1 radical (unpaired) electrons. The molecule has 2 aromatic heterocycles. The fourth-order valence-electron chi connectivity index (χ4n) is 5.07. The Balaban J connectivity index is 0.000000228. The van der Waals surface area contributed by atoms with Crippen molar-refractivity contribution in [2.45, 2.75) is 20.3 Å². The van der Waals surface area contributed by atoms with Gasteiger partial charge >= 0.3 is 0 Å². The molecule has 1 aliphatic rings. The van der Waals surface area contributed by atoms with Crippen molar-refractivity contribution in [1.29, 1.82) is 0 Å².